The van der Waals surface area contributed by atoms with Crippen LogP contribution in [0.5, 0.6) is 17.2 Å². The molecular weight excluding hydrogens is 240 g/mol. The molecule has 19 heavy (non-hydrogen) atoms. The fourth-order valence-corrected chi connectivity index (χ4v) is 1.60. The maximum atomic E-state index is 8.90. The van der Waals surface area contributed by atoms with Gasteiger partial charge in [-0.2, -0.15) is 5.26 Å². The third-order valence-electron chi connectivity index (χ3n) is 2.52. The SMILES string of the molecule is CCOc1ccc(Oc2ccc(N)c(C#N)c2)cc1. The summed E-state index contributed by atoms with van der Waals surface area (Å²) in [6.07, 6.45) is 0. The molecule has 0 aliphatic heterocycles. The van der Waals surface area contributed by atoms with Gasteiger partial charge in [0, 0.05) is 11.8 Å². The Morgan fingerprint density at radius 1 is 1.05 bits per heavy atom. The molecule has 0 aliphatic rings. The highest BCUT2D eigenvalue weighted by Gasteiger charge is 2.03. The van der Waals surface area contributed by atoms with Crippen LogP contribution in [0, 0.1) is 11.3 Å². The van der Waals surface area contributed by atoms with Gasteiger partial charge in [-0.15, -0.1) is 0 Å². The molecule has 4 nitrogen and oxygen atoms in total. The molecule has 0 saturated heterocycles. The molecule has 0 atom stereocenters. The van der Waals surface area contributed by atoms with Gasteiger partial charge in [-0.25, -0.2) is 0 Å². The molecule has 0 saturated carbocycles. The minimum atomic E-state index is 0.406. The van der Waals surface area contributed by atoms with Crippen molar-refractivity contribution in [3.63, 3.8) is 0 Å². The van der Waals surface area contributed by atoms with Gasteiger partial charge in [0.2, 0.25) is 0 Å². The van der Waals surface area contributed by atoms with Gasteiger partial charge < -0.3 is 15.2 Å². The topological polar surface area (TPSA) is 68.3 Å². The van der Waals surface area contributed by atoms with Gasteiger partial charge >= 0.3 is 0 Å². The molecule has 4 heteroatoms. The summed E-state index contributed by atoms with van der Waals surface area (Å²) in [6, 6.07) is 14.3. The number of hydrogen-bond acceptors (Lipinski definition) is 4. The highest BCUT2D eigenvalue weighted by molar-refractivity contribution is 5.57. The number of benzene rings is 2. The summed E-state index contributed by atoms with van der Waals surface area (Å²) in [7, 11) is 0. The molecule has 0 aromatic heterocycles. The number of hydrogen-bond donors (Lipinski definition) is 1. The zero-order chi connectivity index (χ0) is 13.7. The zero-order valence-corrected chi connectivity index (χ0v) is 10.6. The van der Waals surface area contributed by atoms with Crippen molar-refractivity contribution in [2.24, 2.45) is 0 Å². The summed E-state index contributed by atoms with van der Waals surface area (Å²) >= 11 is 0. The molecule has 0 unspecified atom stereocenters. The van der Waals surface area contributed by atoms with E-state index >= 15 is 0 Å². The van der Waals surface area contributed by atoms with E-state index in [-0.39, 0.29) is 0 Å². The van der Waals surface area contributed by atoms with E-state index in [9.17, 15) is 0 Å². The average molecular weight is 254 g/mol. The lowest BCUT2D eigenvalue weighted by Crippen LogP contribution is -1.92. The molecule has 2 N–H and O–H groups in total. The minimum absolute atomic E-state index is 0.406. The van der Waals surface area contributed by atoms with Crippen LogP contribution in [-0.4, -0.2) is 6.61 Å². The molecule has 0 heterocycles. The van der Waals surface area contributed by atoms with Crippen LogP contribution in [0.2, 0.25) is 0 Å². The molecule has 2 rings (SSSR count). The normalized spacial score (nSPS) is 9.68. The first kappa shape index (κ1) is 12.8. The van der Waals surface area contributed by atoms with Crippen molar-refractivity contribution in [1.29, 1.82) is 5.26 Å². The summed E-state index contributed by atoms with van der Waals surface area (Å²) in [4.78, 5) is 0. The van der Waals surface area contributed by atoms with Gasteiger partial charge in [0.1, 0.15) is 23.3 Å². The number of rotatable bonds is 4. The lowest BCUT2D eigenvalue weighted by Gasteiger charge is -2.08. The van der Waals surface area contributed by atoms with Crippen LogP contribution in [-0.2, 0) is 0 Å². The Balaban J connectivity index is 2.15. The Morgan fingerprint density at radius 2 is 1.68 bits per heavy atom. The van der Waals surface area contributed by atoms with Crippen molar-refractivity contribution in [2.75, 3.05) is 12.3 Å². The van der Waals surface area contributed by atoms with E-state index in [0.717, 1.165) is 5.75 Å². The van der Waals surface area contributed by atoms with Gasteiger partial charge in [-0.3, -0.25) is 0 Å². The fourth-order valence-electron chi connectivity index (χ4n) is 1.60. The van der Waals surface area contributed by atoms with Gasteiger partial charge in [-0.1, -0.05) is 0 Å². The van der Waals surface area contributed by atoms with E-state index in [1.807, 2.05) is 37.3 Å². The Hall–Kier alpha value is -2.67. The van der Waals surface area contributed by atoms with Crippen LogP contribution in [0.25, 0.3) is 0 Å². The van der Waals surface area contributed by atoms with E-state index in [4.69, 9.17) is 20.5 Å². The maximum absolute atomic E-state index is 8.90. The first-order valence-corrected chi connectivity index (χ1v) is 5.93. The number of nitriles is 1. The second-order valence-electron chi connectivity index (χ2n) is 3.87. The molecule has 0 radical (unpaired) electrons. The zero-order valence-electron chi connectivity index (χ0n) is 10.6. The molecule has 2 aromatic rings. The predicted octanol–water partition coefficient (Wildman–Crippen LogP) is 3.33. The molecule has 0 amide bonds. The Kier molecular flexibility index (Phi) is 3.89. The van der Waals surface area contributed by atoms with Crippen molar-refractivity contribution in [2.45, 2.75) is 6.92 Å². The van der Waals surface area contributed by atoms with E-state index in [2.05, 4.69) is 0 Å². The van der Waals surface area contributed by atoms with Crippen molar-refractivity contribution < 1.29 is 9.47 Å². The first-order chi connectivity index (χ1) is 9.22. The van der Waals surface area contributed by atoms with Crippen molar-refractivity contribution in [3.8, 4) is 23.3 Å². The third-order valence-corrected chi connectivity index (χ3v) is 2.52. The van der Waals surface area contributed by atoms with Gasteiger partial charge in [0.15, 0.2) is 0 Å². The lowest BCUT2D eigenvalue weighted by molar-refractivity contribution is 0.339. The Bertz CT molecular complexity index is 601. The quantitative estimate of drug-likeness (QED) is 0.850. The monoisotopic (exact) mass is 254 g/mol. The number of anilines is 1. The van der Waals surface area contributed by atoms with Crippen LogP contribution in [0.4, 0.5) is 5.69 Å². The summed E-state index contributed by atoms with van der Waals surface area (Å²) < 4.78 is 11.0. The van der Waals surface area contributed by atoms with E-state index in [1.54, 1.807) is 18.2 Å². The second-order valence-corrected chi connectivity index (χ2v) is 3.87. The predicted molar refractivity (Wildman–Crippen MR) is 73.3 cm³/mol. The minimum Gasteiger partial charge on any atom is -0.494 e. The number of ether oxygens (including phenoxy) is 2. The second kappa shape index (κ2) is 5.78. The molecule has 96 valence electrons. The lowest BCUT2D eigenvalue weighted by atomic mass is 10.2. The Morgan fingerprint density at radius 3 is 2.32 bits per heavy atom. The number of nitrogens with zero attached hydrogens (tertiary/aromatic N) is 1. The van der Waals surface area contributed by atoms with Crippen LogP contribution in [0.3, 0.4) is 0 Å². The van der Waals surface area contributed by atoms with Crippen LogP contribution in [0.15, 0.2) is 42.5 Å². The van der Waals surface area contributed by atoms with Crippen molar-refractivity contribution in [3.05, 3.63) is 48.0 Å². The summed E-state index contributed by atoms with van der Waals surface area (Å²) in [5, 5.41) is 8.90. The van der Waals surface area contributed by atoms with Crippen LogP contribution >= 0.6 is 0 Å². The largest absolute Gasteiger partial charge is 0.494 e. The molecule has 0 aliphatic carbocycles. The smallest absolute Gasteiger partial charge is 0.128 e. The summed E-state index contributed by atoms with van der Waals surface area (Å²) in [6.45, 7) is 2.56. The highest BCUT2D eigenvalue weighted by Crippen LogP contribution is 2.26. The van der Waals surface area contributed by atoms with E-state index in [0.29, 0.717) is 29.4 Å². The van der Waals surface area contributed by atoms with Crippen molar-refractivity contribution >= 4 is 5.69 Å². The molecule has 0 fully saturated rings. The van der Waals surface area contributed by atoms with E-state index in [1.165, 1.54) is 0 Å². The average Bonchev–Trinajstić information content (AvgIpc) is 2.43. The maximum Gasteiger partial charge on any atom is 0.128 e. The van der Waals surface area contributed by atoms with Gasteiger partial charge in [-0.05, 0) is 43.3 Å². The molecule has 2 aromatic carbocycles. The number of nitrogen functional groups attached to an aromatic ring is 1. The highest BCUT2D eigenvalue weighted by atomic mass is 16.5. The van der Waals surface area contributed by atoms with Crippen LogP contribution < -0.4 is 15.2 Å². The summed E-state index contributed by atoms with van der Waals surface area (Å²) in [5.41, 5.74) is 6.50. The number of nitrogens with two attached hydrogens (primary N) is 1. The fraction of sp³-hybridized carbons (Fsp3) is 0.133. The van der Waals surface area contributed by atoms with Gasteiger partial charge in [0.25, 0.3) is 0 Å². The third kappa shape index (κ3) is 3.17. The molecule has 0 bridgehead atoms. The Labute approximate surface area is 112 Å². The van der Waals surface area contributed by atoms with E-state index < -0.39 is 0 Å². The standard InChI is InChI=1S/C15H14N2O2/c1-2-18-12-3-5-13(6-4-12)19-14-7-8-15(17)11(9-14)10-16/h3-9H,2,17H2,1H3. The van der Waals surface area contributed by atoms with Gasteiger partial charge in [0.05, 0.1) is 12.2 Å². The molecular formula is C15H14N2O2. The van der Waals surface area contributed by atoms with Crippen molar-refractivity contribution in [1.82, 2.24) is 0 Å². The van der Waals surface area contributed by atoms with Crippen LogP contribution in [0.1, 0.15) is 12.5 Å². The first-order valence-electron chi connectivity index (χ1n) is 5.93. The summed E-state index contributed by atoms with van der Waals surface area (Å²) in [5.74, 6) is 2.05. The molecule has 0 spiro atoms.